The maximum absolute atomic E-state index is 7.34. The van der Waals surface area contributed by atoms with Gasteiger partial charge in [-0.2, -0.15) is 0 Å². The predicted molar refractivity (Wildman–Crippen MR) is 379 cm³/mol. The van der Waals surface area contributed by atoms with Gasteiger partial charge in [0.2, 0.25) is 0 Å². The van der Waals surface area contributed by atoms with Crippen LogP contribution < -0.4 is 26.2 Å². The van der Waals surface area contributed by atoms with Crippen molar-refractivity contribution < 1.29 is 4.42 Å². The summed E-state index contributed by atoms with van der Waals surface area (Å²) in [6.07, 6.45) is 0. The van der Waals surface area contributed by atoms with Crippen LogP contribution in [-0.2, 0) is 32.5 Å². The normalized spacial score (nSPS) is 14.7. The molecule has 12 aromatic rings. The van der Waals surface area contributed by atoms with E-state index in [9.17, 15) is 0 Å². The monoisotopic (exact) mass is 1150 g/mol. The molecule has 0 spiro atoms. The second-order valence-electron chi connectivity index (χ2n) is 31.5. The number of aromatic nitrogens is 1. The van der Waals surface area contributed by atoms with Crippen molar-refractivity contribution in [2.75, 3.05) is 9.80 Å². The molecule has 0 N–H and O–H groups in total. The maximum atomic E-state index is 7.34. The first-order valence-corrected chi connectivity index (χ1v) is 32.0. The van der Waals surface area contributed by atoms with E-state index in [2.05, 4.69) is 320 Å². The van der Waals surface area contributed by atoms with Gasteiger partial charge in [-0.15, -0.1) is 0 Å². The molecule has 0 saturated heterocycles. The van der Waals surface area contributed by atoms with Crippen molar-refractivity contribution in [3.8, 4) is 27.9 Å². The third-order valence-corrected chi connectivity index (χ3v) is 20.2. The number of fused-ring (bicyclic) bond motifs is 13. The number of hydrogen-bond acceptors (Lipinski definition) is 3. The topological polar surface area (TPSA) is 24.6 Å². The summed E-state index contributed by atoms with van der Waals surface area (Å²) in [5.74, 6) is 0. The first-order chi connectivity index (χ1) is 41.6. The summed E-state index contributed by atoms with van der Waals surface area (Å²) in [6.45, 7) is 39.5. The number of anilines is 6. The van der Waals surface area contributed by atoms with Crippen LogP contribution in [0.4, 0.5) is 34.1 Å². The van der Waals surface area contributed by atoms with E-state index >= 15 is 0 Å². The Kier molecular flexibility index (Phi) is 11.9. The van der Waals surface area contributed by atoms with Crippen LogP contribution in [0, 0.1) is 0 Å². The van der Waals surface area contributed by atoms with Crippen LogP contribution in [0.2, 0.25) is 0 Å². The average Bonchev–Trinajstić information content (AvgIpc) is 1.05. The zero-order valence-corrected chi connectivity index (χ0v) is 54.7. The van der Waals surface area contributed by atoms with Crippen LogP contribution in [0.25, 0.3) is 71.7 Å². The minimum absolute atomic E-state index is 0.0164. The molecule has 438 valence electrons. The van der Waals surface area contributed by atoms with Gasteiger partial charge in [-0.3, -0.25) is 0 Å². The number of para-hydroxylation sites is 1. The Balaban J connectivity index is 1.14. The van der Waals surface area contributed by atoms with Crippen LogP contribution in [0.3, 0.4) is 0 Å². The van der Waals surface area contributed by atoms with Crippen LogP contribution >= 0.6 is 0 Å². The summed E-state index contributed by atoms with van der Waals surface area (Å²) in [6, 6.07) is 73.5. The molecule has 0 unspecified atom stereocenters. The summed E-state index contributed by atoms with van der Waals surface area (Å²) < 4.78 is 9.97. The van der Waals surface area contributed by atoms with Gasteiger partial charge in [0.05, 0.1) is 27.8 Å². The van der Waals surface area contributed by atoms with Crippen molar-refractivity contribution >= 4 is 101 Å². The van der Waals surface area contributed by atoms with Crippen molar-refractivity contribution in [2.45, 2.75) is 150 Å². The van der Waals surface area contributed by atoms with Gasteiger partial charge in [0.25, 0.3) is 6.71 Å². The molecule has 0 fully saturated rings. The molecule has 10 aromatic carbocycles. The molecule has 5 heteroatoms. The van der Waals surface area contributed by atoms with E-state index in [4.69, 9.17) is 4.42 Å². The lowest BCUT2D eigenvalue weighted by atomic mass is 9.33. The van der Waals surface area contributed by atoms with E-state index in [1.165, 1.54) is 111 Å². The van der Waals surface area contributed by atoms with Crippen molar-refractivity contribution in [3.05, 3.63) is 227 Å². The fourth-order valence-electron chi connectivity index (χ4n) is 15.1. The Morgan fingerprint density at radius 3 is 1.45 bits per heavy atom. The summed E-state index contributed by atoms with van der Waals surface area (Å²) in [5.41, 5.74) is 29.7. The van der Waals surface area contributed by atoms with E-state index in [-0.39, 0.29) is 39.2 Å². The van der Waals surface area contributed by atoms with E-state index in [1.54, 1.807) is 0 Å². The largest absolute Gasteiger partial charge is 0.456 e. The van der Waals surface area contributed by atoms with Gasteiger partial charge < -0.3 is 18.8 Å². The van der Waals surface area contributed by atoms with Gasteiger partial charge >= 0.3 is 0 Å². The molecule has 88 heavy (non-hydrogen) atoms. The minimum Gasteiger partial charge on any atom is -0.456 e. The van der Waals surface area contributed by atoms with E-state index in [0.29, 0.717) is 0 Å². The van der Waals surface area contributed by atoms with E-state index in [0.717, 1.165) is 50.4 Å². The summed E-state index contributed by atoms with van der Waals surface area (Å²) in [5, 5.41) is 4.70. The lowest BCUT2D eigenvalue weighted by Crippen LogP contribution is -2.61. The fraction of sp³-hybridized carbons (Fsp3) is 0.277. The zero-order chi connectivity index (χ0) is 61.7. The number of furan rings is 1. The summed E-state index contributed by atoms with van der Waals surface area (Å²) in [4.78, 5) is 5.27. The van der Waals surface area contributed by atoms with Crippen molar-refractivity contribution in [3.63, 3.8) is 0 Å². The van der Waals surface area contributed by atoms with Crippen LogP contribution in [0.15, 0.2) is 192 Å². The van der Waals surface area contributed by atoms with E-state index < -0.39 is 0 Å². The Morgan fingerprint density at radius 1 is 0.364 bits per heavy atom. The van der Waals surface area contributed by atoms with Gasteiger partial charge in [-0.05, 0) is 190 Å². The molecule has 0 atom stereocenters. The molecule has 15 rings (SSSR count). The highest BCUT2D eigenvalue weighted by atomic mass is 16.3. The Morgan fingerprint density at radius 2 is 0.864 bits per heavy atom. The standard InChI is InChI=1S/C83H82BN3O/c1-78(2,3)51-27-34-56(35-28-51)85-69-41-33-55(82(13,14)15)47-65(69)84-66-48-73-74(59-23-19-21-25-72(59)88-73)77(87-67-39-31-53(80(7,8)9)45-61(67)62-46-54(81(10,11)12)32-40-68(62)87)76(66)86(57-36-29-52(30-37-57)79(4,5)6)71-44-50(43-70(85)75(71)84)49-26-38-64-60(42-49)58-22-18-20-24-63(58)83(64,16)17/h18-48H,1-17H3. The molecule has 4 nitrogen and oxygen atoms in total. The van der Waals surface area contributed by atoms with Crippen LogP contribution in [0.5, 0.6) is 0 Å². The third kappa shape index (κ3) is 8.45. The number of rotatable bonds is 4. The molecular formula is C83H82BN3O. The Labute approximate surface area is 521 Å². The quantitative estimate of drug-likeness (QED) is 0.164. The van der Waals surface area contributed by atoms with Gasteiger partial charge in [0, 0.05) is 50.0 Å². The van der Waals surface area contributed by atoms with Gasteiger partial charge in [-0.25, -0.2) is 0 Å². The van der Waals surface area contributed by atoms with Crippen LogP contribution in [-0.4, -0.2) is 11.3 Å². The molecule has 0 saturated carbocycles. The van der Waals surface area contributed by atoms with Gasteiger partial charge in [0.15, 0.2) is 0 Å². The Hall–Kier alpha value is -8.54. The van der Waals surface area contributed by atoms with Crippen molar-refractivity contribution in [1.82, 2.24) is 4.57 Å². The minimum atomic E-state index is -0.210. The smallest absolute Gasteiger partial charge is 0.252 e. The van der Waals surface area contributed by atoms with Gasteiger partial charge in [0.1, 0.15) is 11.2 Å². The predicted octanol–water partition coefficient (Wildman–Crippen LogP) is 21.2. The lowest BCUT2D eigenvalue weighted by molar-refractivity contribution is 0.590. The SMILES string of the molecule is CC(C)(C)c1ccc(N2c3ccc(C(C)(C)C)cc3B3c4cc5oc6ccccc6c5c(-n5c6ccc(C(C)(C)C)cc6c6cc(C(C)(C)C)ccc65)c4N(c4ccc(C(C)(C)C)cc4)c4cc(-c5ccc6c(c5)-c5ccccc5C6(C)C)cc2c43)cc1. The van der Waals surface area contributed by atoms with Crippen molar-refractivity contribution in [1.29, 1.82) is 0 Å². The first-order valence-electron chi connectivity index (χ1n) is 32.0. The number of nitrogens with zero attached hydrogens (tertiary/aromatic N) is 3. The lowest BCUT2D eigenvalue weighted by Gasteiger charge is -2.45. The molecule has 2 aromatic heterocycles. The highest BCUT2D eigenvalue weighted by Gasteiger charge is 2.47. The average molecular weight is 1150 g/mol. The Bertz CT molecular complexity index is 4820. The summed E-state index contributed by atoms with van der Waals surface area (Å²) in [7, 11) is 0. The second-order valence-corrected chi connectivity index (χ2v) is 31.5. The highest BCUT2D eigenvalue weighted by molar-refractivity contribution is 7.00. The molecule has 0 bridgehead atoms. The second kappa shape index (κ2) is 18.8. The molecular weight excluding hydrogens is 1070 g/mol. The number of hydrogen-bond donors (Lipinski definition) is 0. The first kappa shape index (κ1) is 56.0. The molecule has 0 amide bonds. The van der Waals surface area contributed by atoms with E-state index in [1.807, 2.05) is 0 Å². The molecule has 0 radical (unpaired) electrons. The number of benzene rings is 10. The maximum Gasteiger partial charge on any atom is 0.252 e. The molecule has 4 heterocycles. The zero-order valence-electron chi connectivity index (χ0n) is 54.7. The third-order valence-electron chi connectivity index (χ3n) is 20.2. The molecule has 3 aliphatic rings. The fourth-order valence-corrected chi connectivity index (χ4v) is 15.1. The molecule has 2 aliphatic heterocycles. The van der Waals surface area contributed by atoms with Crippen LogP contribution in [0.1, 0.15) is 157 Å². The highest BCUT2D eigenvalue weighted by Crippen LogP contribution is 2.54. The molecule has 1 aliphatic carbocycles. The summed E-state index contributed by atoms with van der Waals surface area (Å²) >= 11 is 0. The van der Waals surface area contributed by atoms with Gasteiger partial charge in [-0.1, -0.05) is 221 Å². The van der Waals surface area contributed by atoms with Crippen molar-refractivity contribution in [2.24, 2.45) is 0 Å².